The Morgan fingerprint density at radius 2 is 1.80 bits per heavy atom. The average molecular weight is 318 g/mol. The van der Waals surface area contributed by atoms with Crippen molar-refractivity contribution in [1.82, 2.24) is 4.31 Å². The Kier molecular flexibility index (Phi) is 7.00. The summed E-state index contributed by atoms with van der Waals surface area (Å²) in [5.74, 6) is 0.904. The third-order valence-corrected chi connectivity index (χ3v) is 5.65. The molecule has 0 aliphatic heterocycles. The van der Waals surface area contributed by atoms with E-state index in [0.717, 1.165) is 18.4 Å². The zero-order chi connectivity index (χ0) is 15.2. The van der Waals surface area contributed by atoms with Crippen molar-refractivity contribution in [2.24, 2.45) is 5.92 Å². The lowest BCUT2D eigenvalue weighted by Gasteiger charge is -2.23. The minimum Gasteiger partial charge on any atom is -0.207 e. The number of benzene rings is 1. The van der Waals surface area contributed by atoms with E-state index in [-0.39, 0.29) is 0 Å². The van der Waals surface area contributed by atoms with E-state index in [2.05, 4.69) is 13.8 Å². The molecule has 0 aromatic heterocycles. The molecule has 114 valence electrons. The minimum absolute atomic E-state index is 0.361. The molecule has 1 atom stereocenters. The zero-order valence-electron chi connectivity index (χ0n) is 12.5. The van der Waals surface area contributed by atoms with E-state index in [9.17, 15) is 8.42 Å². The van der Waals surface area contributed by atoms with E-state index in [4.69, 9.17) is 11.6 Å². The van der Waals surface area contributed by atoms with Gasteiger partial charge in [-0.05, 0) is 30.0 Å². The second-order valence-electron chi connectivity index (χ2n) is 5.05. The fourth-order valence-electron chi connectivity index (χ4n) is 1.96. The van der Waals surface area contributed by atoms with Gasteiger partial charge >= 0.3 is 0 Å². The molecule has 5 heteroatoms. The van der Waals surface area contributed by atoms with Crippen molar-refractivity contribution in [3.05, 3.63) is 29.8 Å². The van der Waals surface area contributed by atoms with Gasteiger partial charge in [0.15, 0.2) is 0 Å². The van der Waals surface area contributed by atoms with Crippen molar-refractivity contribution in [3.8, 4) is 0 Å². The first-order valence-electron chi connectivity index (χ1n) is 7.10. The summed E-state index contributed by atoms with van der Waals surface area (Å²) in [7, 11) is -3.39. The molecule has 0 heterocycles. The molecule has 1 aromatic carbocycles. The van der Waals surface area contributed by atoms with Gasteiger partial charge in [0.2, 0.25) is 10.0 Å². The monoisotopic (exact) mass is 317 g/mol. The van der Waals surface area contributed by atoms with Crippen LogP contribution in [-0.2, 0) is 16.4 Å². The van der Waals surface area contributed by atoms with Gasteiger partial charge in [0, 0.05) is 19.0 Å². The molecular formula is C15H24ClNO2S. The van der Waals surface area contributed by atoms with Crippen LogP contribution in [0.25, 0.3) is 0 Å². The van der Waals surface area contributed by atoms with Gasteiger partial charge in [-0.15, -0.1) is 11.6 Å². The number of alkyl halides is 1. The highest BCUT2D eigenvalue weighted by Crippen LogP contribution is 2.18. The number of nitrogens with zero attached hydrogens (tertiary/aromatic N) is 1. The molecule has 0 saturated carbocycles. The predicted molar refractivity (Wildman–Crippen MR) is 84.8 cm³/mol. The molecule has 1 unspecified atom stereocenters. The Hall–Kier alpha value is -0.580. The first kappa shape index (κ1) is 17.5. The topological polar surface area (TPSA) is 37.4 Å². The highest BCUT2D eigenvalue weighted by molar-refractivity contribution is 7.89. The van der Waals surface area contributed by atoms with Gasteiger partial charge in [-0.3, -0.25) is 0 Å². The molecule has 20 heavy (non-hydrogen) atoms. The van der Waals surface area contributed by atoms with Crippen LogP contribution in [0.2, 0.25) is 0 Å². The summed E-state index contributed by atoms with van der Waals surface area (Å²) in [6, 6.07) is 7.03. The van der Waals surface area contributed by atoms with Crippen LogP contribution < -0.4 is 0 Å². The Morgan fingerprint density at radius 3 is 2.25 bits per heavy atom. The summed E-state index contributed by atoms with van der Waals surface area (Å²) in [5.41, 5.74) is 1.06. The van der Waals surface area contributed by atoms with Crippen LogP contribution in [-0.4, -0.2) is 31.7 Å². The number of hydrogen-bond donors (Lipinski definition) is 0. The summed E-state index contributed by atoms with van der Waals surface area (Å²) in [4.78, 5) is 0.362. The van der Waals surface area contributed by atoms with Crippen LogP contribution >= 0.6 is 11.6 Å². The number of rotatable bonds is 8. The number of hydrogen-bond acceptors (Lipinski definition) is 2. The minimum atomic E-state index is -3.39. The van der Waals surface area contributed by atoms with Gasteiger partial charge in [0.05, 0.1) is 4.90 Å². The second kappa shape index (κ2) is 8.01. The van der Waals surface area contributed by atoms with E-state index < -0.39 is 10.0 Å². The van der Waals surface area contributed by atoms with E-state index in [1.54, 1.807) is 16.4 Å². The molecule has 0 spiro atoms. The Balaban J connectivity index is 2.95. The van der Waals surface area contributed by atoms with Crippen LogP contribution in [0.3, 0.4) is 0 Å². The Labute approximate surface area is 128 Å². The lowest BCUT2D eigenvalue weighted by atomic mass is 10.1. The van der Waals surface area contributed by atoms with E-state index in [0.29, 0.717) is 29.8 Å². The van der Waals surface area contributed by atoms with Crippen molar-refractivity contribution < 1.29 is 8.42 Å². The maximum atomic E-state index is 12.6. The van der Waals surface area contributed by atoms with E-state index >= 15 is 0 Å². The fraction of sp³-hybridized carbons (Fsp3) is 0.600. The highest BCUT2D eigenvalue weighted by Gasteiger charge is 2.24. The van der Waals surface area contributed by atoms with Crippen molar-refractivity contribution in [2.45, 2.75) is 38.5 Å². The molecule has 0 aliphatic carbocycles. The molecule has 0 amide bonds. The standard InChI is InChI=1S/C15H24ClNO2S/c1-4-13(3)12-17(5-2)20(18,19)15-8-6-14(7-9-15)10-11-16/h6-9,13H,4-5,10-12H2,1-3H3. The van der Waals surface area contributed by atoms with Gasteiger partial charge in [0.25, 0.3) is 0 Å². The van der Waals surface area contributed by atoms with Gasteiger partial charge < -0.3 is 0 Å². The molecule has 1 aromatic rings. The number of aryl methyl sites for hydroxylation is 1. The van der Waals surface area contributed by atoms with E-state index in [1.807, 2.05) is 19.1 Å². The van der Waals surface area contributed by atoms with Crippen molar-refractivity contribution in [1.29, 1.82) is 0 Å². The molecular weight excluding hydrogens is 294 g/mol. The third kappa shape index (κ3) is 4.47. The predicted octanol–water partition coefficient (Wildman–Crippen LogP) is 3.52. The third-order valence-electron chi connectivity index (χ3n) is 3.51. The molecule has 0 radical (unpaired) electrons. The first-order valence-corrected chi connectivity index (χ1v) is 9.08. The smallest absolute Gasteiger partial charge is 0.207 e. The fourth-order valence-corrected chi connectivity index (χ4v) is 3.75. The summed E-state index contributed by atoms with van der Waals surface area (Å²) >= 11 is 5.69. The summed E-state index contributed by atoms with van der Waals surface area (Å²) in [6.07, 6.45) is 1.73. The average Bonchev–Trinajstić information content (AvgIpc) is 2.45. The molecule has 0 fully saturated rings. The first-order chi connectivity index (χ1) is 9.45. The number of halogens is 1. The quantitative estimate of drug-likeness (QED) is 0.688. The lowest BCUT2D eigenvalue weighted by molar-refractivity contribution is 0.361. The van der Waals surface area contributed by atoms with Crippen LogP contribution in [0.4, 0.5) is 0 Å². The highest BCUT2D eigenvalue weighted by atomic mass is 35.5. The van der Waals surface area contributed by atoms with Crippen molar-refractivity contribution >= 4 is 21.6 Å². The molecule has 1 rings (SSSR count). The lowest BCUT2D eigenvalue weighted by Crippen LogP contribution is -2.34. The summed E-state index contributed by atoms with van der Waals surface area (Å²) < 4.78 is 26.7. The largest absolute Gasteiger partial charge is 0.243 e. The van der Waals surface area contributed by atoms with Crippen LogP contribution in [0, 0.1) is 5.92 Å². The van der Waals surface area contributed by atoms with Crippen LogP contribution in [0.1, 0.15) is 32.8 Å². The molecule has 0 N–H and O–H groups in total. The van der Waals surface area contributed by atoms with Crippen molar-refractivity contribution in [3.63, 3.8) is 0 Å². The maximum absolute atomic E-state index is 12.6. The molecule has 0 aliphatic rings. The van der Waals surface area contributed by atoms with Gasteiger partial charge in [0.1, 0.15) is 0 Å². The second-order valence-corrected chi connectivity index (χ2v) is 7.37. The molecule has 0 bridgehead atoms. The SMILES string of the molecule is CCC(C)CN(CC)S(=O)(=O)c1ccc(CCCl)cc1. The normalized spacial score (nSPS) is 13.7. The van der Waals surface area contributed by atoms with Gasteiger partial charge in [-0.2, -0.15) is 4.31 Å². The van der Waals surface area contributed by atoms with Gasteiger partial charge in [-0.25, -0.2) is 8.42 Å². The van der Waals surface area contributed by atoms with Gasteiger partial charge in [-0.1, -0.05) is 39.3 Å². The number of sulfonamides is 1. The summed E-state index contributed by atoms with van der Waals surface area (Å²) in [5, 5.41) is 0. The summed E-state index contributed by atoms with van der Waals surface area (Å²) in [6.45, 7) is 7.09. The van der Waals surface area contributed by atoms with E-state index in [1.165, 1.54) is 0 Å². The van der Waals surface area contributed by atoms with Crippen molar-refractivity contribution in [2.75, 3.05) is 19.0 Å². The molecule has 0 saturated heterocycles. The maximum Gasteiger partial charge on any atom is 0.243 e. The van der Waals surface area contributed by atoms with Crippen LogP contribution in [0.15, 0.2) is 29.2 Å². The Bertz CT molecular complexity index is 499. The Morgan fingerprint density at radius 1 is 1.20 bits per heavy atom. The zero-order valence-corrected chi connectivity index (χ0v) is 14.0. The van der Waals surface area contributed by atoms with Crippen LogP contribution in [0.5, 0.6) is 0 Å². The molecule has 3 nitrogen and oxygen atoms in total.